The van der Waals surface area contributed by atoms with E-state index < -0.39 is 0 Å². The van der Waals surface area contributed by atoms with Crippen LogP contribution in [0.5, 0.6) is 0 Å². The van der Waals surface area contributed by atoms with E-state index in [1.54, 1.807) is 49.4 Å². The SMILES string of the molecule is CC(=O)N(CC(=O)Nc1cccc(C#N)c1)c1cccc(Cl)c1C. The molecule has 0 bridgehead atoms. The standard InChI is InChI=1S/C18H16ClN3O2/c1-12-16(19)7-4-8-17(12)22(13(2)23)11-18(24)21-15-6-3-5-14(9-15)10-20/h3-9H,11H2,1-2H3,(H,21,24). The fourth-order valence-corrected chi connectivity index (χ4v) is 2.43. The Kier molecular flexibility index (Phi) is 5.56. The van der Waals surface area contributed by atoms with Crippen molar-refractivity contribution in [2.24, 2.45) is 0 Å². The zero-order chi connectivity index (χ0) is 17.7. The molecule has 0 saturated heterocycles. The number of amides is 2. The number of halogens is 1. The Morgan fingerprint density at radius 2 is 1.96 bits per heavy atom. The van der Waals surface area contributed by atoms with E-state index in [4.69, 9.17) is 16.9 Å². The molecule has 2 rings (SSSR count). The third-order valence-corrected chi connectivity index (χ3v) is 3.90. The van der Waals surface area contributed by atoms with Crippen LogP contribution in [0.3, 0.4) is 0 Å². The first-order chi connectivity index (χ1) is 11.4. The fraction of sp³-hybridized carbons (Fsp3) is 0.167. The Hall–Kier alpha value is -2.84. The highest BCUT2D eigenvalue weighted by molar-refractivity contribution is 6.31. The van der Waals surface area contributed by atoms with Gasteiger partial charge in [-0.1, -0.05) is 23.7 Å². The summed E-state index contributed by atoms with van der Waals surface area (Å²) >= 11 is 6.09. The highest BCUT2D eigenvalue weighted by Gasteiger charge is 2.18. The molecule has 0 unspecified atom stereocenters. The van der Waals surface area contributed by atoms with Crippen LogP contribution in [0.15, 0.2) is 42.5 Å². The molecule has 1 N–H and O–H groups in total. The van der Waals surface area contributed by atoms with E-state index in [0.717, 1.165) is 5.56 Å². The molecule has 0 fully saturated rings. The summed E-state index contributed by atoms with van der Waals surface area (Å²) in [5, 5.41) is 12.1. The molecule has 0 radical (unpaired) electrons. The van der Waals surface area contributed by atoms with E-state index in [9.17, 15) is 9.59 Å². The number of benzene rings is 2. The Morgan fingerprint density at radius 3 is 2.62 bits per heavy atom. The van der Waals surface area contributed by atoms with Gasteiger partial charge in [-0.25, -0.2) is 0 Å². The quantitative estimate of drug-likeness (QED) is 0.924. The number of rotatable bonds is 4. The molecule has 2 aromatic carbocycles. The van der Waals surface area contributed by atoms with Crippen molar-refractivity contribution in [2.45, 2.75) is 13.8 Å². The van der Waals surface area contributed by atoms with E-state index in [0.29, 0.717) is 22.0 Å². The van der Waals surface area contributed by atoms with Gasteiger partial charge in [0.25, 0.3) is 0 Å². The van der Waals surface area contributed by atoms with Gasteiger partial charge in [-0.05, 0) is 42.8 Å². The summed E-state index contributed by atoms with van der Waals surface area (Å²) in [5.41, 5.74) is 2.27. The summed E-state index contributed by atoms with van der Waals surface area (Å²) in [5.74, 6) is -0.624. The molecule has 0 atom stereocenters. The van der Waals surface area contributed by atoms with Crippen LogP contribution in [-0.4, -0.2) is 18.4 Å². The molecular weight excluding hydrogens is 326 g/mol. The van der Waals surface area contributed by atoms with Crippen LogP contribution in [0.2, 0.25) is 5.02 Å². The van der Waals surface area contributed by atoms with Crippen LogP contribution >= 0.6 is 11.6 Å². The van der Waals surface area contributed by atoms with Crippen molar-refractivity contribution in [3.8, 4) is 6.07 Å². The van der Waals surface area contributed by atoms with E-state index >= 15 is 0 Å². The van der Waals surface area contributed by atoms with Crippen molar-refractivity contribution in [1.82, 2.24) is 0 Å². The lowest BCUT2D eigenvalue weighted by Crippen LogP contribution is -2.37. The predicted molar refractivity (Wildman–Crippen MR) is 94.0 cm³/mol. The summed E-state index contributed by atoms with van der Waals surface area (Å²) in [4.78, 5) is 25.6. The van der Waals surface area contributed by atoms with Gasteiger partial charge in [-0.2, -0.15) is 5.26 Å². The molecule has 2 aromatic rings. The van der Waals surface area contributed by atoms with E-state index in [1.807, 2.05) is 6.07 Å². The Balaban J connectivity index is 2.19. The summed E-state index contributed by atoms with van der Waals surface area (Å²) in [7, 11) is 0. The lowest BCUT2D eigenvalue weighted by Gasteiger charge is -2.23. The Morgan fingerprint density at radius 1 is 1.25 bits per heavy atom. The van der Waals surface area contributed by atoms with Crippen LogP contribution < -0.4 is 10.2 Å². The highest BCUT2D eigenvalue weighted by atomic mass is 35.5. The molecule has 0 heterocycles. The average molecular weight is 342 g/mol. The molecule has 122 valence electrons. The van der Waals surface area contributed by atoms with Crippen molar-refractivity contribution in [3.63, 3.8) is 0 Å². The van der Waals surface area contributed by atoms with Gasteiger partial charge in [0.1, 0.15) is 6.54 Å². The normalized spacial score (nSPS) is 9.92. The van der Waals surface area contributed by atoms with Gasteiger partial charge < -0.3 is 10.2 Å². The van der Waals surface area contributed by atoms with Crippen molar-refractivity contribution < 1.29 is 9.59 Å². The largest absolute Gasteiger partial charge is 0.324 e. The maximum Gasteiger partial charge on any atom is 0.244 e. The maximum absolute atomic E-state index is 12.3. The molecular formula is C18H16ClN3O2. The van der Waals surface area contributed by atoms with Crippen molar-refractivity contribution in [3.05, 3.63) is 58.6 Å². The van der Waals surface area contributed by atoms with Gasteiger partial charge in [0.05, 0.1) is 11.6 Å². The molecule has 0 aromatic heterocycles. The molecule has 0 spiro atoms. The second-order valence-electron chi connectivity index (χ2n) is 5.23. The average Bonchev–Trinajstić information content (AvgIpc) is 2.55. The van der Waals surface area contributed by atoms with E-state index in [2.05, 4.69) is 5.32 Å². The van der Waals surface area contributed by atoms with Crippen molar-refractivity contribution in [2.75, 3.05) is 16.8 Å². The smallest absolute Gasteiger partial charge is 0.244 e. The topological polar surface area (TPSA) is 73.2 Å². The number of carbonyl (C=O) groups excluding carboxylic acids is 2. The Labute approximate surface area is 145 Å². The summed E-state index contributed by atoms with van der Waals surface area (Å²) < 4.78 is 0. The molecule has 0 saturated carbocycles. The minimum Gasteiger partial charge on any atom is -0.324 e. The molecule has 0 aliphatic rings. The molecule has 0 aliphatic heterocycles. The maximum atomic E-state index is 12.3. The van der Waals surface area contributed by atoms with E-state index in [-0.39, 0.29) is 18.4 Å². The summed E-state index contributed by atoms with van der Waals surface area (Å²) in [6.07, 6.45) is 0. The fourth-order valence-electron chi connectivity index (χ4n) is 2.27. The number of hydrogen-bond donors (Lipinski definition) is 1. The van der Waals surface area contributed by atoms with Crippen molar-refractivity contribution >= 4 is 34.8 Å². The van der Waals surface area contributed by atoms with Gasteiger partial charge in [-0.3, -0.25) is 9.59 Å². The second kappa shape index (κ2) is 7.62. The zero-order valence-electron chi connectivity index (χ0n) is 13.3. The number of carbonyl (C=O) groups is 2. The van der Waals surface area contributed by atoms with Crippen LogP contribution in [-0.2, 0) is 9.59 Å². The first-order valence-electron chi connectivity index (χ1n) is 7.25. The minimum absolute atomic E-state index is 0.146. The molecule has 0 aliphatic carbocycles. The first kappa shape index (κ1) is 17.5. The van der Waals surface area contributed by atoms with E-state index in [1.165, 1.54) is 11.8 Å². The monoisotopic (exact) mass is 341 g/mol. The summed E-state index contributed by atoms with van der Waals surface area (Å²) in [6, 6.07) is 13.8. The number of anilines is 2. The van der Waals surface area contributed by atoms with Crippen LogP contribution in [0, 0.1) is 18.3 Å². The van der Waals surface area contributed by atoms with Crippen molar-refractivity contribution in [1.29, 1.82) is 5.26 Å². The number of nitriles is 1. The lowest BCUT2D eigenvalue weighted by molar-refractivity contribution is -0.120. The molecule has 24 heavy (non-hydrogen) atoms. The molecule has 2 amide bonds. The third-order valence-electron chi connectivity index (χ3n) is 3.49. The number of nitrogens with zero attached hydrogens (tertiary/aromatic N) is 2. The molecule has 6 heteroatoms. The lowest BCUT2D eigenvalue weighted by atomic mass is 10.1. The predicted octanol–water partition coefficient (Wildman–Crippen LogP) is 3.51. The Bertz CT molecular complexity index is 827. The first-order valence-corrected chi connectivity index (χ1v) is 7.63. The number of nitrogens with one attached hydrogen (secondary N) is 1. The van der Waals surface area contributed by atoms with Gasteiger partial charge >= 0.3 is 0 Å². The van der Waals surface area contributed by atoms with Gasteiger partial charge in [0, 0.05) is 23.3 Å². The van der Waals surface area contributed by atoms with Crippen LogP contribution in [0.4, 0.5) is 11.4 Å². The van der Waals surface area contributed by atoms with Gasteiger partial charge in [0.2, 0.25) is 11.8 Å². The van der Waals surface area contributed by atoms with Crippen LogP contribution in [0.25, 0.3) is 0 Å². The summed E-state index contributed by atoms with van der Waals surface area (Å²) in [6.45, 7) is 3.04. The van der Waals surface area contributed by atoms with Crippen LogP contribution in [0.1, 0.15) is 18.1 Å². The highest BCUT2D eigenvalue weighted by Crippen LogP contribution is 2.26. The number of hydrogen-bond acceptors (Lipinski definition) is 3. The molecule has 5 nitrogen and oxygen atoms in total. The van der Waals surface area contributed by atoms with Gasteiger partial charge in [-0.15, -0.1) is 0 Å². The minimum atomic E-state index is -0.361. The zero-order valence-corrected chi connectivity index (χ0v) is 14.1. The second-order valence-corrected chi connectivity index (χ2v) is 5.64. The third kappa shape index (κ3) is 4.12. The van der Waals surface area contributed by atoms with Gasteiger partial charge in [0.15, 0.2) is 0 Å².